The van der Waals surface area contributed by atoms with Crippen LogP contribution in [0.15, 0.2) is 199 Å². The normalized spacial score (nSPS) is 11.7. The third kappa shape index (κ3) is 5.63. The van der Waals surface area contributed by atoms with Gasteiger partial charge in [0.1, 0.15) is 11.2 Å². The molecule has 0 N–H and O–H groups in total. The summed E-state index contributed by atoms with van der Waals surface area (Å²) in [6.45, 7) is 0. The fourth-order valence-corrected chi connectivity index (χ4v) is 8.52. The van der Waals surface area contributed by atoms with E-state index in [1.807, 2.05) is 36.5 Å². The van der Waals surface area contributed by atoms with E-state index in [4.69, 9.17) is 24.4 Å². The van der Waals surface area contributed by atoms with Gasteiger partial charge in [-0.3, -0.25) is 4.98 Å². The van der Waals surface area contributed by atoms with Crippen molar-refractivity contribution in [1.82, 2.24) is 19.9 Å². The maximum Gasteiger partial charge on any atom is 0.160 e. The molecule has 8 aromatic carbocycles. The van der Waals surface area contributed by atoms with Gasteiger partial charge in [0.05, 0.1) is 28.3 Å². The fourth-order valence-electron chi connectivity index (χ4n) is 8.52. The molecule has 0 aliphatic rings. The second kappa shape index (κ2) is 13.3. The van der Waals surface area contributed by atoms with Crippen LogP contribution in [0.25, 0.3) is 122 Å². The lowest BCUT2D eigenvalue weighted by atomic mass is 9.95. The van der Waals surface area contributed by atoms with Crippen molar-refractivity contribution < 1.29 is 4.42 Å². The smallest absolute Gasteiger partial charge is 0.160 e. The molecule has 4 heterocycles. The Hall–Kier alpha value is -8.02. The first-order valence-corrected chi connectivity index (χ1v) is 19.8. The number of benzene rings is 8. The third-order valence-electron chi connectivity index (χ3n) is 11.5. The van der Waals surface area contributed by atoms with E-state index in [1.165, 1.54) is 5.39 Å². The Balaban J connectivity index is 0.957. The van der Waals surface area contributed by atoms with Crippen LogP contribution >= 0.6 is 0 Å². The SMILES string of the molecule is c1cc(-c2ccc(-c3cc(-c4cc5ccccc5cn4)nc(-c4ccc5ccccc5c4)n3)cc2)cc(-c2nc3ccccc3c3c2ccc2c4ccccc4oc23)c1. The molecule has 0 radical (unpaired) electrons. The number of hydrogen-bond acceptors (Lipinski definition) is 5. The van der Waals surface area contributed by atoms with Crippen LogP contribution in [0.5, 0.6) is 0 Å². The summed E-state index contributed by atoms with van der Waals surface area (Å²) in [6, 6.07) is 65.4. The average molecular weight is 753 g/mol. The van der Waals surface area contributed by atoms with Crippen LogP contribution in [0.2, 0.25) is 0 Å². The van der Waals surface area contributed by atoms with Gasteiger partial charge >= 0.3 is 0 Å². The number of pyridine rings is 2. The van der Waals surface area contributed by atoms with Gasteiger partial charge in [0.25, 0.3) is 0 Å². The highest BCUT2D eigenvalue weighted by molar-refractivity contribution is 6.24. The molecule has 0 aliphatic heterocycles. The lowest BCUT2D eigenvalue weighted by Gasteiger charge is -2.12. The number of aromatic nitrogens is 4. The highest BCUT2D eigenvalue weighted by Crippen LogP contribution is 2.41. The van der Waals surface area contributed by atoms with Crippen molar-refractivity contribution in [1.29, 1.82) is 0 Å². The highest BCUT2D eigenvalue weighted by atomic mass is 16.3. The molecule has 274 valence electrons. The van der Waals surface area contributed by atoms with Crippen molar-refractivity contribution in [2.75, 3.05) is 0 Å². The molecule has 0 fully saturated rings. The van der Waals surface area contributed by atoms with E-state index in [0.717, 1.165) is 110 Å². The molecule has 4 aromatic heterocycles. The predicted molar refractivity (Wildman–Crippen MR) is 242 cm³/mol. The minimum Gasteiger partial charge on any atom is -0.455 e. The van der Waals surface area contributed by atoms with Crippen molar-refractivity contribution in [3.8, 4) is 56.4 Å². The number of hydrogen-bond donors (Lipinski definition) is 0. The molecule has 0 saturated carbocycles. The minimum absolute atomic E-state index is 0.657. The Labute approximate surface area is 338 Å². The molecule has 0 aliphatic carbocycles. The third-order valence-corrected chi connectivity index (χ3v) is 11.5. The zero-order chi connectivity index (χ0) is 38.9. The standard InChI is InChI=1S/C54H32N4O/c1-2-11-36-29-40(25-22-33(36)10-1)54-57-47(31-49(58-54)48-30-38-12-3-4-13-41(38)32-55-48)35-23-20-34(21-24-35)37-14-9-15-39(28-37)52-45-27-26-43-42-16-6-8-19-50(42)59-53(43)51(45)44-17-5-7-18-46(44)56-52/h1-32H. The minimum atomic E-state index is 0.657. The second-order valence-electron chi connectivity index (χ2n) is 15.0. The maximum absolute atomic E-state index is 6.56. The van der Waals surface area contributed by atoms with E-state index in [9.17, 15) is 0 Å². The van der Waals surface area contributed by atoms with Gasteiger partial charge in [-0.15, -0.1) is 0 Å². The molecule has 12 aromatic rings. The Morgan fingerprint density at radius 2 is 1.03 bits per heavy atom. The van der Waals surface area contributed by atoms with Gasteiger partial charge in [-0.25, -0.2) is 15.0 Å². The first-order chi connectivity index (χ1) is 29.2. The van der Waals surface area contributed by atoms with Gasteiger partial charge in [-0.1, -0.05) is 146 Å². The van der Waals surface area contributed by atoms with Crippen molar-refractivity contribution in [2.24, 2.45) is 0 Å². The Morgan fingerprint density at radius 1 is 0.356 bits per heavy atom. The first-order valence-electron chi connectivity index (χ1n) is 19.8. The van der Waals surface area contributed by atoms with Gasteiger partial charge in [0.2, 0.25) is 0 Å². The van der Waals surface area contributed by atoms with Crippen LogP contribution in [0.3, 0.4) is 0 Å². The summed E-state index contributed by atoms with van der Waals surface area (Å²) in [5.74, 6) is 0.657. The molecule has 5 nitrogen and oxygen atoms in total. The maximum atomic E-state index is 6.56. The monoisotopic (exact) mass is 752 g/mol. The Morgan fingerprint density at radius 3 is 1.92 bits per heavy atom. The zero-order valence-electron chi connectivity index (χ0n) is 31.7. The van der Waals surface area contributed by atoms with Gasteiger partial charge in [0, 0.05) is 55.2 Å². The highest BCUT2D eigenvalue weighted by Gasteiger charge is 2.18. The quantitative estimate of drug-likeness (QED) is 0.164. The number of fused-ring (bicyclic) bond motifs is 9. The van der Waals surface area contributed by atoms with Crippen molar-refractivity contribution in [2.45, 2.75) is 0 Å². The Bertz CT molecular complexity index is 3530. The first kappa shape index (κ1) is 33.2. The number of rotatable bonds is 5. The van der Waals surface area contributed by atoms with Crippen LogP contribution in [0, 0.1) is 0 Å². The van der Waals surface area contributed by atoms with Crippen LogP contribution in [-0.2, 0) is 0 Å². The van der Waals surface area contributed by atoms with Gasteiger partial charge in [0.15, 0.2) is 5.82 Å². The van der Waals surface area contributed by atoms with E-state index < -0.39 is 0 Å². The van der Waals surface area contributed by atoms with Crippen LogP contribution < -0.4 is 0 Å². The molecule has 59 heavy (non-hydrogen) atoms. The molecular weight excluding hydrogens is 721 g/mol. The van der Waals surface area contributed by atoms with Gasteiger partial charge < -0.3 is 4.42 Å². The number of furan rings is 1. The van der Waals surface area contributed by atoms with E-state index >= 15 is 0 Å². The van der Waals surface area contributed by atoms with Crippen molar-refractivity contribution in [3.63, 3.8) is 0 Å². The summed E-state index contributed by atoms with van der Waals surface area (Å²) >= 11 is 0. The molecule has 0 amide bonds. The molecule has 0 unspecified atom stereocenters. The summed E-state index contributed by atoms with van der Waals surface area (Å²) < 4.78 is 6.56. The Kier molecular flexibility index (Phi) is 7.47. The molecule has 0 atom stereocenters. The molecule has 5 heteroatoms. The summed E-state index contributed by atoms with van der Waals surface area (Å²) in [6.07, 6.45) is 1.92. The summed E-state index contributed by atoms with van der Waals surface area (Å²) in [7, 11) is 0. The summed E-state index contributed by atoms with van der Waals surface area (Å²) in [5.41, 5.74) is 11.2. The fraction of sp³-hybridized carbons (Fsp3) is 0. The van der Waals surface area contributed by atoms with E-state index in [-0.39, 0.29) is 0 Å². The molecule has 0 saturated heterocycles. The predicted octanol–water partition coefficient (Wildman–Crippen LogP) is 14.1. The molecular formula is C54H32N4O. The van der Waals surface area contributed by atoms with E-state index in [1.54, 1.807) is 0 Å². The van der Waals surface area contributed by atoms with Gasteiger partial charge in [-0.05, 0) is 69.8 Å². The topological polar surface area (TPSA) is 64.7 Å². The number of nitrogens with zero attached hydrogens (tertiary/aromatic N) is 4. The number of para-hydroxylation sites is 2. The zero-order valence-corrected chi connectivity index (χ0v) is 31.7. The molecule has 0 spiro atoms. The lowest BCUT2D eigenvalue weighted by Crippen LogP contribution is -1.97. The molecule has 12 rings (SSSR count). The molecule has 0 bridgehead atoms. The van der Waals surface area contributed by atoms with Crippen LogP contribution in [-0.4, -0.2) is 19.9 Å². The largest absolute Gasteiger partial charge is 0.455 e. The van der Waals surface area contributed by atoms with E-state index in [0.29, 0.717) is 5.82 Å². The van der Waals surface area contributed by atoms with Crippen molar-refractivity contribution in [3.05, 3.63) is 194 Å². The average Bonchev–Trinajstić information content (AvgIpc) is 3.70. The van der Waals surface area contributed by atoms with Crippen molar-refractivity contribution >= 4 is 65.2 Å². The van der Waals surface area contributed by atoms with Crippen LogP contribution in [0.4, 0.5) is 0 Å². The lowest BCUT2D eigenvalue weighted by molar-refractivity contribution is 0.673. The van der Waals surface area contributed by atoms with E-state index in [2.05, 4.69) is 158 Å². The van der Waals surface area contributed by atoms with Crippen LogP contribution in [0.1, 0.15) is 0 Å². The summed E-state index contributed by atoms with van der Waals surface area (Å²) in [5, 5.41) is 9.98. The second-order valence-corrected chi connectivity index (χ2v) is 15.0. The summed E-state index contributed by atoms with van der Waals surface area (Å²) in [4.78, 5) is 20.4. The van der Waals surface area contributed by atoms with Gasteiger partial charge in [-0.2, -0.15) is 0 Å².